The minimum absolute atomic E-state index is 0.893. The Bertz CT molecular complexity index is 519. The molecule has 0 aromatic carbocycles. The lowest BCUT2D eigenvalue weighted by Crippen LogP contribution is -1.96. The van der Waals surface area contributed by atoms with Crippen LogP contribution in [-0.2, 0) is 19.2 Å². The van der Waals surface area contributed by atoms with Gasteiger partial charge in [0.15, 0.2) is 0 Å². The number of thioether (sulfide) groups is 1. The fourth-order valence-electron chi connectivity index (χ4n) is 1.65. The first kappa shape index (κ1) is 12.8. The number of aromatic nitrogens is 2. The summed E-state index contributed by atoms with van der Waals surface area (Å²) in [6.45, 7) is 4.10. The molecule has 0 fully saturated rings. The monoisotopic (exact) mass is 314 g/mol. The highest BCUT2D eigenvalue weighted by Gasteiger charge is 2.13. The van der Waals surface area contributed by atoms with Gasteiger partial charge in [0.1, 0.15) is 5.76 Å². The third-order valence-corrected chi connectivity index (χ3v) is 4.75. The lowest BCUT2D eigenvalue weighted by Gasteiger charge is -2.02. The molecule has 0 spiro atoms. The van der Waals surface area contributed by atoms with Gasteiger partial charge < -0.3 is 4.42 Å². The quantitative estimate of drug-likeness (QED) is 0.801. The number of hydrogen-bond donors (Lipinski definition) is 0. The van der Waals surface area contributed by atoms with E-state index in [-0.39, 0.29) is 0 Å². The fraction of sp³-hybridized carbons (Fsp3) is 0.417. The maximum absolute atomic E-state index is 5.28. The Balaban J connectivity index is 2.14. The lowest BCUT2D eigenvalue weighted by molar-refractivity contribution is 0.527. The van der Waals surface area contributed by atoms with Crippen molar-refractivity contribution in [3.63, 3.8) is 0 Å². The number of nitrogens with zero attached hydrogens (tertiary/aromatic N) is 2. The third-order valence-electron chi connectivity index (χ3n) is 2.68. The van der Waals surface area contributed by atoms with Crippen molar-refractivity contribution >= 4 is 27.7 Å². The molecule has 2 rings (SSSR count). The standard InChI is InChI=1S/C12H15BrN2OS/c1-4-9-12(13)10(15(3)14-9)7-17-11-5-6-16-8(11)2/h5-6H,4,7H2,1-3H3. The maximum Gasteiger partial charge on any atom is 0.114 e. The van der Waals surface area contributed by atoms with Crippen LogP contribution in [0.25, 0.3) is 0 Å². The molecule has 0 saturated carbocycles. The molecule has 0 bridgehead atoms. The summed E-state index contributed by atoms with van der Waals surface area (Å²) in [5.41, 5.74) is 2.33. The smallest absolute Gasteiger partial charge is 0.114 e. The van der Waals surface area contributed by atoms with Gasteiger partial charge in [-0.1, -0.05) is 6.92 Å². The van der Waals surface area contributed by atoms with Crippen molar-refractivity contribution in [2.45, 2.75) is 30.9 Å². The molecule has 2 aromatic heterocycles. The summed E-state index contributed by atoms with van der Waals surface area (Å²) in [4.78, 5) is 1.19. The van der Waals surface area contributed by atoms with E-state index in [1.807, 2.05) is 24.7 Å². The van der Waals surface area contributed by atoms with Crippen molar-refractivity contribution < 1.29 is 4.42 Å². The van der Waals surface area contributed by atoms with Gasteiger partial charge in [-0.3, -0.25) is 4.68 Å². The number of aryl methyl sites for hydroxylation is 3. The second kappa shape index (κ2) is 5.31. The Morgan fingerprint density at radius 3 is 2.82 bits per heavy atom. The average molecular weight is 315 g/mol. The lowest BCUT2D eigenvalue weighted by atomic mass is 10.3. The summed E-state index contributed by atoms with van der Waals surface area (Å²) in [6.07, 6.45) is 2.68. The predicted molar refractivity (Wildman–Crippen MR) is 73.3 cm³/mol. The van der Waals surface area contributed by atoms with Gasteiger partial charge in [-0.15, -0.1) is 11.8 Å². The molecule has 0 atom stereocenters. The van der Waals surface area contributed by atoms with E-state index in [2.05, 4.69) is 28.0 Å². The third kappa shape index (κ3) is 2.60. The molecule has 0 aliphatic heterocycles. The topological polar surface area (TPSA) is 31.0 Å². The zero-order valence-electron chi connectivity index (χ0n) is 10.2. The molecule has 2 heterocycles. The van der Waals surface area contributed by atoms with Crippen LogP contribution in [0.1, 0.15) is 24.1 Å². The summed E-state index contributed by atoms with van der Waals surface area (Å²) in [5, 5.41) is 4.48. The largest absolute Gasteiger partial charge is 0.468 e. The molecule has 0 saturated heterocycles. The Morgan fingerprint density at radius 2 is 2.29 bits per heavy atom. The van der Waals surface area contributed by atoms with Crippen molar-refractivity contribution in [3.8, 4) is 0 Å². The van der Waals surface area contributed by atoms with Crippen LogP contribution in [0.2, 0.25) is 0 Å². The van der Waals surface area contributed by atoms with Gasteiger partial charge in [0.05, 0.1) is 22.1 Å². The Kier molecular flexibility index (Phi) is 3.99. The van der Waals surface area contributed by atoms with Crippen LogP contribution in [0.4, 0.5) is 0 Å². The van der Waals surface area contributed by atoms with E-state index < -0.39 is 0 Å². The molecule has 5 heteroatoms. The van der Waals surface area contributed by atoms with Gasteiger partial charge >= 0.3 is 0 Å². The van der Waals surface area contributed by atoms with Gasteiger partial charge in [0.2, 0.25) is 0 Å². The van der Waals surface area contributed by atoms with Crippen LogP contribution < -0.4 is 0 Å². The normalized spacial score (nSPS) is 11.1. The minimum Gasteiger partial charge on any atom is -0.468 e. The summed E-state index contributed by atoms with van der Waals surface area (Å²) < 4.78 is 8.37. The van der Waals surface area contributed by atoms with E-state index in [0.29, 0.717) is 0 Å². The maximum atomic E-state index is 5.28. The van der Waals surface area contributed by atoms with Crippen molar-refractivity contribution in [2.24, 2.45) is 7.05 Å². The summed E-state index contributed by atoms with van der Waals surface area (Å²) in [6, 6.07) is 2.00. The van der Waals surface area contributed by atoms with Crippen LogP contribution in [-0.4, -0.2) is 9.78 Å². The first-order chi connectivity index (χ1) is 8.13. The Morgan fingerprint density at radius 1 is 1.53 bits per heavy atom. The van der Waals surface area contributed by atoms with E-state index in [9.17, 15) is 0 Å². The van der Waals surface area contributed by atoms with Crippen molar-refractivity contribution in [2.75, 3.05) is 0 Å². The van der Waals surface area contributed by atoms with Crippen LogP contribution in [0.15, 0.2) is 26.1 Å². The SMILES string of the molecule is CCc1nn(C)c(CSc2ccoc2C)c1Br. The Hall–Kier alpha value is -0.680. The first-order valence-electron chi connectivity index (χ1n) is 5.50. The summed E-state index contributed by atoms with van der Waals surface area (Å²) >= 11 is 5.40. The van der Waals surface area contributed by atoms with E-state index in [1.165, 1.54) is 10.6 Å². The van der Waals surface area contributed by atoms with E-state index in [1.54, 1.807) is 18.0 Å². The second-order valence-electron chi connectivity index (χ2n) is 3.81. The number of rotatable bonds is 4. The van der Waals surface area contributed by atoms with Gasteiger partial charge in [0.25, 0.3) is 0 Å². The first-order valence-corrected chi connectivity index (χ1v) is 7.28. The highest BCUT2D eigenvalue weighted by atomic mass is 79.9. The van der Waals surface area contributed by atoms with E-state index in [0.717, 1.165) is 28.1 Å². The predicted octanol–water partition coefficient (Wildman–Crippen LogP) is 3.94. The molecule has 3 nitrogen and oxygen atoms in total. The summed E-state index contributed by atoms with van der Waals surface area (Å²) in [5.74, 6) is 1.87. The molecule has 0 unspecified atom stereocenters. The minimum atomic E-state index is 0.893. The number of furan rings is 1. The van der Waals surface area contributed by atoms with Crippen LogP contribution in [0.5, 0.6) is 0 Å². The zero-order valence-corrected chi connectivity index (χ0v) is 12.6. The molecule has 0 N–H and O–H groups in total. The highest BCUT2D eigenvalue weighted by molar-refractivity contribution is 9.10. The van der Waals surface area contributed by atoms with Crippen molar-refractivity contribution in [1.29, 1.82) is 0 Å². The van der Waals surface area contributed by atoms with E-state index in [4.69, 9.17) is 4.42 Å². The van der Waals surface area contributed by atoms with Gasteiger partial charge in [0, 0.05) is 17.7 Å². The summed E-state index contributed by atoms with van der Waals surface area (Å²) in [7, 11) is 1.99. The van der Waals surface area contributed by atoms with Crippen LogP contribution >= 0.6 is 27.7 Å². The second-order valence-corrected chi connectivity index (χ2v) is 5.62. The van der Waals surface area contributed by atoms with Gasteiger partial charge in [-0.05, 0) is 35.3 Å². The van der Waals surface area contributed by atoms with E-state index >= 15 is 0 Å². The zero-order chi connectivity index (χ0) is 12.4. The molecule has 0 radical (unpaired) electrons. The average Bonchev–Trinajstić information content (AvgIpc) is 2.82. The molecule has 0 aliphatic carbocycles. The number of halogens is 1. The van der Waals surface area contributed by atoms with Crippen LogP contribution in [0.3, 0.4) is 0 Å². The molecule has 0 amide bonds. The molecular formula is C12H15BrN2OS. The van der Waals surface area contributed by atoms with Crippen LogP contribution in [0, 0.1) is 6.92 Å². The molecule has 2 aromatic rings. The van der Waals surface area contributed by atoms with Gasteiger partial charge in [-0.25, -0.2) is 0 Å². The molecule has 0 aliphatic rings. The number of hydrogen-bond acceptors (Lipinski definition) is 3. The Labute approximate surface area is 114 Å². The fourth-order valence-corrected chi connectivity index (χ4v) is 3.61. The highest BCUT2D eigenvalue weighted by Crippen LogP contribution is 2.30. The molecule has 17 heavy (non-hydrogen) atoms. The van der Waals surface area contributed by atoms with Gasteiger partial charge in [-0.2, -0.15) is 5.10 Å². The van der Waals surface area contributed by atoms with Crippen molar-refractivity contribution in [3.05, 3.63) is 34.0 Å². The van der Waals surface area contributed by atoms with Crippen molar-refractivity contribution in [1.82, 2.24) is 9.78 Å². The molecule has 92 valence electrons. The molecular weight excluding hydrogens is 300 g/mol.